The van der Waals surface area contributed by atoms with Crippen molar-refractivity contribution in [2.24, 2.45) is 0 Å². The van der Waals surface area contributed by atoms with Gasteiger partial charge in [0.05, 0.1) is 17.4 Å². The van der Waals surface area contributed by atoms with Gasteiger partial charge in [-0.15, -0.1) is 0 Å². The predicted molar refractivity (Wildman–Crippen MR) is 66.5 cm³/mol. The van der Waals surface area contributed by atoms with E-state index in [1.807, 2.05) is 12.1 Å². The van der Waals surface area contributed by atoms with Crippen LogP contribution in [0.5, 0.6) is 0 Å². The fraction of sp³-hybridized carbons (Fsp3) is 0.167. The largest absolute Gasteiger partial charge is 0.469 e. The third kappa shape index (κ3) is 2.67. The molecule has 1 unspecified atom stereocenters. The third-order valence-corrected chi connectivity index (χ3v) is 3.52. The van der Waals surface area contributed by atoms with Crippen LogP contribution >= 0.6 is 27.5 Å². The maximum atomic E-state index is 9.98. The highest BCUT2D eigenvalue weighted by Gasteiger charge is 2.11. The number of halogens is 2. The zero-order valence-electron chi connectivity index (χ0n) is 8.36. The Bertz CT molecular complexity index is 468. The molecule has 1 N–H and O–H groups in total. The van der Waals surface area contributed by atoms with Gasteiger partial charge in [-0.2, -0.15) is 0 Å². The predicted octanol–water partition coefficient (Wildman–Crippen LogP) is 3.97. The molecule has 0 aliphatic heterocycles. The van der Waals surface area contributed by atoms with Crippen molar-refractivity contribution in [3.05, 3.63) is 57.4 Å². The van der Waals surface area contributed by atoms with Crippen LogP contribution in [0.15, 0.2) is 45.5 Å². The summed E-state index contributed by atoms with van der Waals surface area (Å²) in [6.45, 7) is 0. The van der Waals surface area contributed by atoms with Gasteiger partial charge >= 0.3 is 0 Å². The van der Waals surface area contributed by atoms with Crippen LogP contribution in [0.3, 0.4) is 0 Å². The summed E-state index contributed by atoms with van der Waals surface area (Å²) in [4.78, 5) is 0. The monoisotopic (exact) mass is 300 g/mol. The topological polar surface area (TPSA) is 33.4 Å². The lowest BCUT2D eigenvalue weighted by atomic mass is 10.1. The molecule has 1 atom stereocenters. The Kier molecular flexibility index (Phi) is 3.69. The second-order valence-corrected chi connectivity index (χ2v) is 4.73. The van der Waals surface area contributed by atoms with E-state index >= 15 is 0 Å². The summed E-state index contributed by atoms with van der Waals surface area (Å²) in [5, 5.41) is 10.6. The molecule has 0 amide bonds. The standard InChI is InChI=1S/C12H10BrClO2/c13-10-6-8(3-4-11(10)14)12(15)7-9-2-1-5-16-9/h1-6,12,15H,7H2. The van der Waals surface area contributed by atoms with Crippen LogP contribution in [0.1, 0.15) is 17.4 Å². The molecule has 0 aliphatic carbocycles. The molecule has 16 heavy (non-hydrogen) atoms. The molecule has 4 heteroatoms. The summed E-state index contributed by atoms with van der Waals surface area (Å²) in [6, 6.07) is 9.02. The second kappa shape index (κ2) is 5.04. The molecule has 2 nitrogen and oxygen atoms in total. The van der Waals surface area contributed by atoms with Gasteiger partial charge in [0.1, 0.15) is 5.76 Å². The fourth-order valence-electron chi connectivity index (χ4n) is 1.46. The average Bonchev–Trinajstić information content (AvgIpc) is 2.74. The normalized spacial score (nSPS) is 12.7. The summed E-state index contributed by atoms with van der Waals surface area (Å²) in [6.07, 6.45) is 1.47. The van der Waals surface area contributed by atoms with Crippen molar-refractivity contribution in [1.29, 1.82) is 0 Å². The Morgan fingerprint density at radius 3 is 2.81 bits per heavy atom. The van der Waals surface area contributed by atoms with Gasteiger partial charge in [-0.3, -0.25) is 0 Å². The van der Waals surface area contributed by atoms with Crippen LogP contribution in [-0.2, 0) is 6.42 Å². The van der Waals surface area contributed by atoms with Crippen molar-refractivity contribution >= 4 is 27.5 Å². The number of furan rings is 1. The molecule has 1 heterocycles. The van der Waals surface area contributed by atoms with Crippen LogP contribution in [0, 0.1) is 0 Å². The zero-order chi connectivity index (χ0) is 11.5. The summed E-state index contributed by atoms with van der Waals surface area (Å²) < 4.78 is 5.96. The van der Waals surface area contributed by atoms with E-state index in [9.17, 15) is 5.11 Å². The Hall–Kier alpha value is -0.770. The van der Waals surface area contributed by atoms with E-state index in [-0.39, 0.29) is 0 Å². The average molecular weight is 302 g/mol. The summed E-state index contributed by atoms with van der Waals surface area (Å²) in [5.74, 6) is 0.763. The first-order chi connectivity index (χ1) is 7.66. The van der Waals surface area contributed by atoms with Crippen molar-refractivity contribution < 1.29 is 9.52 Å². The maximum absolute atomic E-state index is 9.98. The quantitative estimate of drug-likeness (QED) is 0.930. The zero-order valence-corrected chi connectivity index (χ0v) is 10.7. The first kappa shape index (κ1) is 11.7. The van der Waals surface area contributed by atoms with Gasteiger partial charge < -0.3 is 9.52 Å². The lowest BCUT2D eigenvalue weighted by molar-refractivity contribution is 0.170. The van der Waals surface area contributed by atoms with Crippen LogP contribution in [0.2, 0.25) is 5.02 Å². The minimum atomic E-state index is -0.584. The minimum absolute atomic E-state index is 0.459. The van der Waals surface area contributed by atoms with Gasteiger partial charge in [0.2, 0.25) is 0 Å². The van der Waals surface area contributed by atoms with Gasteiger partial charge in [0.15, 0.2) is 0 Å². The van der Waals surface area contributed by atoms with Crippen LogP contribution in [0.25, 0.3) is 0 Å². The summed E-state index contributed by atoms with van der Waals surface area (Å²) >= 11 is 9.21. The molecular formula is C12H10BrClO2. The number of hydrogen-bond acceptors (Lipinski definition) is 2. The molecule has 0 radical (unpaired) electrons. The van der Waals surface area contributed by atoms with Crippen molar-refractivity contribution in [3.8, 4) is 0 Å². The number of rotatable bonds is 3. The molecule has 0 saturated heterocycles. The van der Waals surface area contributed by atoms with E-state index in [4.69, 9.17) is 16.0 Å². The smallest absolute Gasteiger partial charge is 0.106 e. The molecule has 0 fully saturated rings. The number of benzene rings is 1. The highest BCUT2D eigenvalue weighted by atomic mass is 79.9. The van der Waals surface area contributed by atoms with Gasteiger partial charge in [0.25, 0.3) is 0 Å². The molecule has 1 aromatic carbocycles. The van der Waals surface area contributed by atoms with Crippen LogP contribution in [0.4, 0.5) is 0 Å². The van der Waals surface area contributed by atoms with E-state index in [1.54, 1.807) is 24.5 Å². The molecule has 0 spiro atoms. The van der Waals surface area contributed by atoms with Gasteiger partial charge in [0, 0.05) is 10.9 Å². The Morgan fingerprint density at radius 2 is 2.19 bits per heavy atom. The molecule has 2 rings (SSSR count). The maximum Gasteiger partial charge on any atom is 0.106 e. The van der Waals surface area contributed by atoms with E-state index in [0.717, 1.165) is 15.8 Å². The third-order valence-electron chi connectivity index (χ3n) is 2.30. The first-order valence-electron chi connectivity index (χ1n) is 4.82. The fourth-order valence-corrected chi connectivity index (χ4v) is 1.97. The van der Waals surface area contributed by atoms with Crippen molar-refractivity contribution in [2.45, 2.75) is 12.5 Å². The molecular weight excluding hydrogens is 291 g/mol. The lowest BCUT2D eigenvalue weighted by Gasteiger charge is -2.10. The molecule has 0 aliphatic rings. The molecule has 2 aromatic rings. The number of aliphatic hydroxyl groups is 1. The highest BCUT2D eigenvalue weighted by molar-refractivity contribution is 9.10. The molecule has 84 valence electrons. The van der Waals surface area contributed by atoms with Crippen LogP contribution in [-0.4, -0.2) is 5.11 Å². The summed E-state index contributed by atoms with van der Waals surface area (Å²) in [5.41, 5.74) is 0.813. The molecule has 0 saturated carbocycles. The van der Waals surface area contributed by atoms with E-state index in [0.29, 0.717) is 11.4 Å². The highest BCUT2D eigenvalue weighted by Crippen LogP contribution is 2.27. The number of aliphatic hydroxyl groups excluding tert-OH is 1. The van der Waals surface area contributed by atoms with Crippen molar-refractivity contribution in [2.75, 3.05) is 0 Å². The molecule has 1 aromatic heterocycles. The Morgan fingerprint density at radius 1 is 1.38 bits per heavy atom. The van der Waals surface area contributed by atoms with Crippen molar-refractivity contribution in [1.82, 2.24) is 0 Å². The lowest BCUT2D eigenvalue weighted by Crippen LogP contribution is -2.00. The van der Waals surface area contributed by atoms with Gasteiger partial charge in [-0.1, -0.05) is 17.7 Å². The van der Waals surface area contributed by atoms with Crippen molar-refractivity contribution in [3.63, 3.8) is 0 Å². The number of hydrogen-bond donors (Lipinski definition) is 1. The van der Waals surface area contributed by atoms with Gasteiger partial charge in [-0.25, -0.2) is 0 Å². The molecule has 0 bridgehead atoms. The van der Waals surface area contributed by atoms with Crippen LogP contribution < -0.4 is 0 Å². The van der Waals surface area contributed by atoms with Gasteiger partial charge in [-0.05, 0) is 45.8 Å². The SMILES string of the molecule is OC(Cc1ccco1)c1ccc(Cl)c(Br)c1. The second-order valence-electron chi connectivity index (χ2n) is 3.47. The minimum Gasteiger partial charge on any atom is -0.469 e. The van der Waals surface area contributed by atoms with E-state index < -0.39 is 6.10 Å². The van der Waals surface area contributed by atoms with E-state index in [2.05, 4.69) is 15.9 Å². The Balaban J connectivity index is 2.14. The summed E-state index contributed by atoms with van der Waals surface area (Å²) in [7, 11) is 0. The first-order valence-corrected chi connectivity index (χ1v) is 5.99. The van der Waals surface area contributed by atoms with E-state index in [1.165, 1.54) is 0 Å². The Labute approximate surface area is 107 Å².